The van der Waals surface area contributed by atoms with Gasteiger partial charge in [-0.05, 0) is 24.6 Å². The molecule has 4 nitrogen and oxygen atoms in total. The van der Waals surface area contributed by atoms with Crippen molar-refractivity contribution >= 4 is 29.1 Å². The Kier molecular flexibility index (Phi) is 4.57. The average Bonchev–Trinajstić information content (AvgIpc) is 2.46. The molecule has 104 valence electrons. The van der Waals surface area contributed by atoms with Gasteiger partial charge in [0, 0.05) is 12.1 Å². The Morgan fingerprint density at radius 1 is 1.20 bits per heavy atom. The fourth-order valence-corrected chi connectivity index (χ4v) is 2.04. The summed E-state index contributed by atoms with van der Waals surface area (Å²) >= 11 is 11.6. The Bertz CT molecular complexity index is 616. The molecule has 1 aromatic heterocycles. The van der Waals surface area contributed by atoms with Crippen molar-refractivity contribution in [3.05, 3.63) is 58.1 Å². The molecule has 6 heteroatoms. The van der Waals surface area contributed by atoms with E-state index in [1.807, 2.05) is 19.1 Å². The molecule has 1 unspecified atom stereocenters. The van der Waals surface area contributed by atoms with Gasteiger partial charge in [0.2, 0.25) is 0 Å². The van der Waals surface area contributed by atoms with Crippen LogP contribution in [-0.2, 0) is 0 Å². The summed E-state index contributed by atoms with van der Waals surface area (Å²) in [7, 11) is 1.71. The summed E-state index contributed by atoms with van der Waals surface area (Å²) in [4.78, 5) is 21.8. The highest BCUT2D eigenvalue weighted by molar-refractivity contribution is 6.30. The zero-order valence-electron chi connectivity index (χ0n) is 11.0. The van der Waals surface area contributed by atoms with E-state index in [0.29, 0.717) is 5.02 Å². The highest BCUT2D eigenvalue weighted by Crippen LogP contribution is 2.22. The lowest BCUT2D eigenvalue weighted by Gasteiger charge is -2.25. The maximum absolute atomic E-state index is 12.3. The number of carbonyl (C=O) groups excluding carboxylic acids is 1. The van der Waals surface area contributed by atoms with Crippen LogP contribution in [0.4, 0.5) is 0 Å². The standard InChI is InChI=1S/C14H13Cl2N3O/c1-9(10-3-5-11(15)6-4-10)19(2)14(20)12-7-17-8-13(16)18-12/h3-9H,1-2H3. The van der Waals surface area contributed by atoms with E-state index in [4.69, 9.17) is 23.2 Å². The lowest BCUT2D eigenvalue weighted by atomic mass is 10.1. The maximum Gasteiger partial charge on any atom is 0.274 e. The molecule has 20 heavy (non-hydrogen) atoms. The van der Waals surface area contributed by atoms with Crippen molar-refractivity contribution in [1.82, 2.24) is 14.9 Å². The molecule has 0 bridgehead atoms. The second-order valence-electron chi connectivity index (χ2n) is 4.37. The first-order chi connectivity index (χ1) is 9.49. The van der Waals surface area contributed by atoms with Crippen LogP contribution in [0.2, 0.25) is 10.2 Å². The summed E-state index contributed by atoms with van der Waals surface area (Å²) in [5.41, 5.74) is 1.21. The number of rotatable bonds is 3. The number of carbonyl (C=O) groups is 1. The first-order valence-electron chi connectivity index (χ1n) is 5.99. The average molecular weight is 310 g/mol. The highest BCUT2D eigenvalue weighted by atomic mass is 35.5. The lowest BCUT2D eigenvalue weighted by molar-refractivity contribution is 0.0736. The van der Waals surface area contributed by atoms with Crippen molar-refractivity contribution in [3.8, 4) is 0 Å². The van der Waals surface area contributed by atoms with Crippen molar-refractivity contribution in [1.29, 1.82) is 0 Å². The Balaban J connectivity index is 2.20. The zero-order valence-corrected chi connectivity index (χ0v) is 12.6. The van der Waals surface area contributed by atoms with Gasteiger partial charge in [-0.2, -0.15) is 0 Å². The van der Waals surface area contributed by atoms with Gasteiger partial charge in [0.25, 0.3) is 5.91 Å². The molecule has 0 aliphatic rings. The largest absolute Gasteiger partial charge is 0.334 e. The number of benzene rings is 1. The third-order valence-electron chi connectivity index (χ3n) is 3.08. The molecule has 1 atom stereocenters. The quantitative estimate of drug-likeness (QED) is 0.870. The van der Waals surface area contributed by atoms with E-state index in [1.54, 1.807) is 24.1 Å². The van der Waals surface area contributed by atoms with Crippen LogP contribution in [0.5, 0.6) is 0 Å². The van der Waals surface area contributed by atoms with Crippen molar-refractivity contribution in [3.63, 3.8) is 0 Å². The van der Waals surface area contributed by atoms with E-state index < -0.39 is 0 Å². The smallest absolute Gasteiger partial charge is 0.274 e. The van der Waals surface area contributed by atoms with Gasteiger partial charge in [0.15, 0.2) is 0 Å². The minimum Gasteiger partial charge on any atom is -0.334 e. The topological polar surface area (TPSA) is 46.1 Å². The molecule has 0 spiro atoms. The van der Waals surface area contributed by atoms with Crippen molar-refractivity contribution < 1.29 is 4.79 Å². The predicted molar refractivity (Wildman–Crippen MR) is 79.0 cm³/mol. The number of nitrogens with zero attached hydrogens (tertiary/aromatic N) is 3. The third kappa shape index (κ3) is 3.26. The summed E-state index contributed by atoms with van der Waals surface area (Å²) in [5.74, 6) is -0.234. The van der Waals surface area contributed by atoms with Gasteiger partial charge in [-0.15, -0.1) is 0 Å². The zero-order chi connectivity index (χ0) is 14.7. The maximum atomic E-state index is 12.3. The highest BCUT2D eigenvalue weighted by Gasteiger charge is 2.20. The number of hydrogen-bond donors (Lipinski definition) is 0. The van der Waals surface area contributed by atoms with E-state index in [-0.39, 0.29) is 22.8 Å². The first-order valence-corrected chi connectivity index (χ1v) is 6.75. The first kappa shape index (κ1) is 14.8. The summed E-state index contributed by atoms with van der Waals surface area (Å²) in [5, 5.41) is 0.860. The molecular weight excluding hydrogens is 297 g/mol. The van der Waals surface area contributed by atoms with E-state index in [1.165, 1.54) is 12.4 Å². The Morgan fingerprint density at radius 2 is 1.85 bits per heavy atom. The summed E-state index contributed by atoms with van der Waals surface area (Å²) in [6, 6.07) is 7.26. The third-order valence-corrected chi connectivity index (χ3v) is 3.51. The Morgan fingerprint density at radius 3 is 2.45 bits per heavy atom. The van der Waals surface area contributed by atoms with Crippen LogP contribution < -0.4 is 0 Å². The molecule has 2 rings (SSSR count). The van der Waals surface area contributed by atoms with Crippen molar-refractivity contribution in [2.75, 3.05) is 7.05 Å². The molecule has 0 radical (unpaired) electrons. The summed E-state index contributed by atoms with van der Waals surface area (Å²) in [6.07, 6.45) is 2.79. The monoisotopic (exact) mass is 309 g/mol. The fraction of sp³-hybridized carbons (Fsp3) is 0.214. The van der Waals surface area contributed by atoms with E-state index >= 15 is 0 Å². The summed E-state index contributed by atoms with van der Waals surface area (Å²) in [6.45, 7) is 1.93. The minimum absolute atomic E-state index is 0.111. The lowest BCUT2D eigenvalue weighted by Crippen LogP contribution is -2.30. The molecule has 0 saturated carbocycles. The van der Waals surface area contributed by atoms with Crippen LogP contribution in [-0.4, -0.2) is 27.8 Å². The number of halogens is 2. The van der Waals surface area contributed by atoms with Crippen LogP contribution >= 0.6 is 23.2 Å². The minimum atomic E-state index is -0.234. The van der Waals surface area contributed by atoms with Crippen LogP contribution in [0.1, 0.15) is 29.0 Å². The molecule has 0 saturated heterocycles. The number of amides is 1. The van der Waals surface area contributed by atoms with E-state index in [0.717, 1.165) is 5.56 Å². The van der Waals surface area contributed by atoms with Crippen LogP contribution in [0.3, 0.4) is 0 Å². The number of aromatic nitrogens is 2. The normalized spacial score (nSPS) is 12.0. The second kappa shape index (κ2) is 6.20. The molecule has 0 fully saturated rings. The van der Waals surface area contributed by atoms with Crippen LogP contribution in [0.15, 0.2) is 36.7 Å². The van der Waals surface area contributed by atoms with Gasteiger partial charge >= 0.3 is 0 Å². The molecule has 1 heterocycles. The van der Waals surface area contributed by atoms with Crippen LogP contribution in [0.25, 0.3) is 0 Å². The van der Waals surface area contributed by atoms with Crippen molar-refractivity contribution in [2.24, 2.45) is 0 Å². The molecule has 0 N–H and O–H groups in total. The second-order valence-corrected chi connectivity index (χ2v) is 5.19. The SMILES string of the molecule is CC(c1ccc(Cl)cc1)N(C)C(=O)c1cncc(Cl)n1. The summed E-state index contributed by atoms with van der Waals surface area (Å²) < 4.78 is 0. The number of hydrogen-bond acceptors (Lipinski definition) is 3. The van der Waals surface area contributed by atoms with Crippen LogP contribution in [0, 0.1) is 0 Å². The molecule has 0 aliphatic carbocycles. The predicted octanol–water partition coefficient (Wildman–Crippen LogP) is 3.62. The molecule has 2 aromatic rings. The Labute approximate surface area is 127 Å². The van der Waals surface area contributed by atoms with Gasteiger partial charge in [-0.25, -0.2) is 4.98 Å². The van der Waals surface area contributed by atoms with E-state index in [2.05, 4.69) is 9.97 Å². The van der Waals surface area contributed by atoms with E-state index in [9.17, 15) is 4.79 Å². The van der Waals surface area contributed by atoms with Gasteiger partial charge in [-0.3, -0.25) is 9.78 Å². The molecule has 0 aliphatic heterocycles. The molecule has 1 aromatic carbocycles. The van der Waals surface area contributed by atoms with Gasteiger partial charge < -0.3 is 4.90 Å². The van der Waals surface area contributed by atoms with Crippen molar-refractivity contribution in [2.45, 2.75) is 13.0 Å². The Hall–Kier alpha value is -1.65. The van der Waals surface area contributed by atoms with Gasteiger partial charge in [-0.1, -0.05) is 35.3 Å². The molecule has 1 amide bonds. The van der Waals surface area contributed by atoms with Gasteiger partial charge in [0.05, 0.1) is 18.4 Å². The van der Waals surface area contributed by atoms with Gasteiger partial charge in [0.1, 0.15) is 10.8 Å². The molecular formula is C14H13Cl2N3O. The fourth-order valence-electron chi connectivity index (χ4n) is 1.77.